The lowest BCUT2D eigenvalue weighted by atomic mass is 10.2. The molecule has 0 spiro atoms. The summed E-state index contributed by atoms with van der Waals surface area (Å²) in [6.45, 7) is 11.1. The Hall–Kier alpha value is -1.40. The molecule has 2 heterocycles. The molecular weight excluding hydrogens is 254 g/mol. The zero-order chi connectivity index (χ0) is 14.4. The van der Waals surface area contributed by atoms with Gasteiger partial charge in [-0.15, -0.1) is 0 Å². The van der Waals surface area contributed by atoms with Crippen LogP contribution in [0.15, 0.2) is 12.4 Å². The number of nitrogens with zero attached hydrogens (tertiary/aromatic N) is 4. The fourth-order valence-corrected chi connectivity index (χ4v) is 2.45. The minimum atomic E-state index is 0.495. The summed E-state index contributed by atoms with van der Waals surface area (Å²) in [5, 5.41) is 3.36. The summed E-state index contributed by atoms with van der Waals surface area (Å²) in [6.07, 6.45) is 1.52. The van der Waals surface area contributed by atoms with Crippen molar-refractivity contribution in [2.75, 3.05) is 51.7 Å². The molecule has 0 amide bonds. The van der Waals surface area contributed by atoms with Crippen molar-refractivity contribution >= 4 is 5.82 Å². The van der Waals surface area contributed by atoms with Crippen LogP contribution >= 0.6 is 0 Å². The molecule has 1 aromatic heterocycles. The Bertz CT molecular complexity index is 406. The Morgan fingerprint density at radius 2 is 2.05 bits per heavy atom. The lowest BCUT2D eigenvalue weighted by Gasteiger charge is -2.37. The third-order valence-electron chi connectivity index (χ3n) is 3.91. The molecule has 0 radical (unpaired) electrons. The van der Waals surface area contributed by atoms with Gasteiger partial charge in [-0.3, -0.25) is 4.90 Å². The van der Waals surface area contributed by atoms with E-state index in [1.54, 1.807) is 7.11 Å². The van der Waals surface area contributed by atoms with Crippen molar-refractivity contribution in [1.82, 2.24) is 19.8 Å². The molecular formula is C14H25N5O. The Labute approximate surface area is 121 Å². The van der Waals surface area contributed by atoms with Crippen molar-refractivity contribution in [2.45, 2.75) is 19.9 Å². The molecule has 1 fully saturated rings. The second kappa shape index (κ2) is 7.40. The monoisotopic (exact) mass is 279 g/mol. The molecule has 0 aliphatic carbocycles. The third-order valence-corrected chi connectivity index (χ3v) is 3.91. The van der Waals surface area contributed by atoms with Gasteiger partial charge in [0, 0.05) is 44.8 Å². The van der Waals surface area contributed by atoms with E-state index in [4.69, 9.17) is 4.74 Å². The molecule has 1 atom stereocenters. The first kappa shape index (κ1) is 15.0. The van der Waals surface area contributed by atoms with E-state index in [1.165, 1.54) is 19.4 Å². The Balaban J connectivity index is 1.78. The Kier molecular flexibility index (Phi) is 5.55. The first-order chi connectivity index (χ1) is 9.72. The molecule has 0 bridgehead atoms. The zero-order valence-corrected chi connectivity index (χ0v) is 12.7. The van der Waals surface area contributed by atoms with Crippen molar-refractivity contribution in [2.24, 2.45) is 0 Å². The van der Waals surface area contributed by atoms with Crippen LogP contribution in [0, 0.1) is 0 Å². The van der Waals surface area contributed by atoms with Gasteiger partial charge in [-0.05, 0) is 13.5 Å². The molecule has 2 rings (SSSR count). The average Bonchev–Trinajstić information content (AvgIpc) is 2.53. The van der Waals surface area contributed by atoms with E-state index in [2.05, 4.69) is 38.9 Å². The van der Waals surface area contributed by atoms with Crippen molar-refractivity contribution in [3.05, 3.63) is 12.4 Å². The summed E-state index contributed by atoms with van der Waals surface area (Å²) >= 11 is 0. The molecule has 1 aromatic rings. The number of ether oxygens (including phenoxy) is 1. The summed E-state index contributed by atoms with van der Waals surface area (Å²) in [7, 11) is 1.61. The summed E-state index contributed by atoms with van der Waals surface area (Å²) in [4.78, 5) is 13.2. The molecule has 1 unspecified atom stereocenters. The van der Waals surface area contributed by atoms with Crippen LogP contribution in [-0.2, 0) is 0 Å². The second-order valence-electron chi connectivity index (χ2n) is 5.15. The van der Waals surface area contributed by atoms with E-state index in [9.17, 15) is 0 Å². The number of rotatable bonds is 6. The smallest absolute Gasteiger partial charge is 0.218 e. The fourth-order valence-electron chi connectivity index (χ4n) is 2.45. The van der Waals surface area contributed by atoms with Crippen molar-refractivity contribution < 1.29 is 4.74 Å². The third kappa shape index (κ3) is 4.05. The zero-order valence-electron chi connectivity index (χ0n) is 12.7. The molecule has 0 aromatic carbocycles. The highest BCUT2D eigenvalue weighted by Gasteiger charge is 2.19. The summed E-state index contributed by atoms with van der Waals surface area (Å²) < 4.78 is 5.10. The lowest BCUT2D eigenvalue weighted by Crippen LogP contribution is -2.51. The van der Waals surface area contributed by atoms with Crippen LogP contribution in [0.25, 0.3) is 0 Å². The molecule has 6 heteroatoms. The topological polar surface area (TPSA) is 53.5 Å². The van der Waals surface area contributed by atoms with Crippen LogP contribution in [0.4, 0.5) is 5.82 Å². The molecule has 20 heavy (non-hydrogen) atoms. The van der Waals surface area contributed by atoms with Crippen LogP contribution in [0.3, 0.4) is 0 Å². The van der Waals surface area contributed by atoms with Crippen LogP contribution in [0.1, 0.15) is 13.8 Å². The number of methoxy groups -OCH3 is 1. The fraction of sp³-hybridized carbons (Fsp3) is 0.714. The number of hydrogen-bond acceptors (Lipinski definition) is 6. The minimum Gasteiger partial charge on any atom is -0.481 e. The average molecular weight is 279 g/mol. The van der Waals surface area contributed by atoms with E-state index >= 15 is 0 Å². The second-order valence-corrected chi connectivity index (χ2v) is 5.15. The van der Waals surface area contributed by atoms with E-state index < -0.39 is 0 Å². The van der Waals surface area contributed by atoms with E-state index in [0.717, 1.165) is 32.0 Å². The molecule has 1 aliphatic heterocycles. The van der Waals surface area contributed by atoms with Gasteiger partial charge in [-0.25, -0.2) is 9.97 Å². The number of piperazine rings is 1. The van der Waals surface area contributed by atoms with Gasteiger partial charge in [0.1, 0.15) is 12.1 Å². The van der Waals surface area contributed by atoms with Gasteiger partial charge in [0.15, 0.2) is 0 Å². The maximum atomic E-state index is 5.10. The van der Waals surface area contributed by atoms with E-state index in [1.807, 2.05) is 6.07 Å². The maximum absolute atomic E-state index is 5.10. The van der Waals surface area contributed by atoms with Gasteiger partial charge in [-0.1, -0.05) is 6.92 Å². The highest BCUT2D eigenvalue weighted by Crippen LogP contribution is 2.11. The normalized spacial score (nSPS) is 18.8. The van der Waals surface area contributed by atoms with Crippen LogP contribution < -0.4 is 10.1 Å². The molecule has 0 saturated carbocycles. The molecule has 112 valence electrons. The first-order valence-electron chi connectivity index (χ1n) is 7.29. The minimum absolute atomic E-state index is 0.495. The van der Waals surface area contributed by atoms with Crippen molar-refractivity contribution in [1.29, 1.82) is 0 Å². The number of likely N-dealkylation sites (N-methyl/N-ethyl adjacent to an activating group) is 1. The summed E-state index contributed by atoms with van der Waals surface area (Å²) in [5.74, 6) is 1.41. The lowest BCUT2D eigenvalue weighted by molar-refractivity contribution is 0.110. The van der Waals surface area contributed by atoms with Gasteiger partial charge >= 0.3 is 0 Å². The highest BCUT2D eigenvalue weighted by atomic mass is 16.5. The Morgan fingerprint density at radius 3 is 2.70 bits per heavy atom. The van der Waals surface area contributed by atoms with Gasteiger partial charge in [-0.2, -0.15) is 0 Å². The highest BCUT2D eigenvalue weighted by molar-refractivity contribution is 5.37. The van der Waals surface area contributed by atoms with Crippen molar-refractivity contribution in [3.63, 3.8) is 0 Å². The molecule has 1 N–H and O–H groups in total. The van der Waals surface area contributed by atoms with Gasteiger partial charge in [0.2, 0.25) is 5.88 Å². The van der Waals surface area contributed by atoms with Crippen LogP contribution in [0.2, 0.25) is 0 Å². The van der Waals surface area contributed by atoms with E-state index in [0.29, 0.717) is 11.9 Å². The van der Waals surface area contributed by atoms with E-state index in [-0.39, 0.29) is 0 Å². The predicted molar refractivity (Wildman–Crippen MR) is 80.2 cm³/mol. The standard InChI is InChI=1S/C14H25N5O/c1-4-18-5-7-19(8-6-18)12(2)10-15-13-9-14(20-3)17-11-16-13/h9,11-12H,4-8,10H2,1-3H3,(H,15,16,17). The SMILES string of the molecule is CCN1CCN(C(C)CNc2cc(OC)ncn2)CC1. The molecule has 1 aliphatic rings. The largest absolute Gasteiger partial charge is 0.481 e. The van der Waals surface area contributed by atoms with Gasteiger partial charge in [0.25, 0.3) is 0 Å². The quantitative estimate of drug-likeness (QED) is 0.836. The summed E-state index contributed by atoms with van der Waals surface area (Å²) in [5.41, 5.74) is 0. The van der Waals surface area contributed by atoms with Gasteiger partial charge < -0.3 is 15.0 Å². The number of aromatic nitrogens is 2. The Morgan fingerprint density at radius 1 is 1.30 bits per heavy atom. The number of hydrogen-bond donors (Lipinski definition) is 1. The van der Waals surface area contributed by atoms with Crippen molar-refractivity contribution in [3.8, 4) is 5.88 Å². The first-order valence-corrected chi connectivity index (χ1v) is 7.29. The molecule has 6 nitrogen and oxygen atoms in total. The predicted octanol–water partition coefficient (Wildman–Crippen LogP) is 0.923. The van der Waals surface area contributed by atoms with Gasteiger partial charge in [0.05, 0.1) is 7.11 Å². The summed E-state index contributed by atoms with van der Waals surface area (Å²) in [6, 6.07) is 2.32. The number of anilines is 1. The van der Waals surface area contributed by atoms with Crippen LogP contribution in [-0.4, -0.2) is 72.2 Å². The molecule has 1 saturated heterocycles. The van der Waals surface area contributed by atoms with Crippen LogP contribution in [0.5, 0.6) is 5.88 Å². The number of nitrogens with one attached hydrogen (secondary N) is 1. The maximum Gasteiger partial charge on any atom is 0.218 e.